The third kappa shape index (κ3) is 4.46. The first-order valence-electron chi connectivity index (χ1n) is 10.7. The van der Waals surface area contributed by atoms with E-state index in [9.17, 15) is 14.4 Å². The van der Waals surface area contributed by atoms with Gasteiger partial charge in [-0.3, -0.25) is 14.2 Å². The first kappa shape index (κ1) is 21.1. The van der Waals surface area contributed by atoms with Gasteiger partial charge in [-0.15, -0.1) is 0 Å². The Morgan fingerprint density at radius 2 is 1.81 bits per heavy atom. The lowest BCUT2D eigenvalue weighted by molar-refractivity contribution is -0.150. The Hall–Kier alpha value is -3.19. The number of rotatable bonds is 6. The van der Waals surface area contributed by atoms with E-state index in [1.807, 2.05) is 25.1 Å². The number of aromatic nitrogens is 2. The van der Waals surface area contributed by atoms with Crippen molar-refractivity contribution >= 4 is 16.9 Å². The van der Waals surface area contributed by atoms with E-state index in [-0.39, 0.29) is 29.9 Å². The van der Waals surface area contributed by atoms with Crippen molar-refractivity contribution in [1.29, 1.82) is 0 Å². The smallest absolute Gasteiger partial charge is 0.328 e. The average molecular weight is 421 g/mol. The highest BCUT2D eigenvalue weighted by atomic mass is 16.5. The van der Waals surface area contributed by atoms with Gasteiger partial charge in [-0.2, -0.15) is 0 Å². The predicted octanol–water partition coefficient (Wildman–Crippen LogP) is 2.36. The van der Waals surface area contributed by atoms with Crippen molar-refractivity contribution in [2.24, 2.45) is 5.92 Å². The fraction of sp³-hybridized carbons (Fsp3) is 0.375. The van der Waals surface area contributed by atoms with E-state index in [2.05, 4.69) is 22.0 Å². The van der Waals surface area contributed by atoms with Gasteiger partial charge in [-0.1, -0.05) is 42.5 Å². The summed E-state index contributed by atoms with van der Waals surface area (Å²) in [5.74, 6) is -0.368. The van der Waals surface area contributed by atoms with Crippen molar-refractivity contribution < 1.29 is 9.53 Å². The van der Waals surface area contributed by atoms with E-state index < -0.39 is 5.69 Å². The first-order chi connectivity index (χ1) is 15.1. The molecule has 0 aliphatic carbocycles. The Morgan fingerprint density at radius 3 is 2.58 bits per heavy atom. The predicted molar refractivity (Wildman–Crippen MR) is 119 cm³/mol. The van der Waals surface area contributed by atoms with Crippen LogP contribution in [0, 0.1) is 5.92 Å². The van der Waals surface area contributed by atoms with Crippen molar-refractivity contribution in [3.05, 3.63) is 81.0 Å². The molecule has 2 aromatic carbocycles. The number of hydrogen-bond acceptors (Lipinski definition) is 5. The number of H-pyrrole nitrogens is 1. The number of hydrogen-bond donors (Lipinski definition) is 1. The maximum absolute atomic E-state index is 12.8. The van der Waals surface area contributed by atoms with Gasteiger partial charge in [0.05, 0.1) is 23.4 Å². The summed E-state index contributed by atoms with van der Waals surface area (Å²) in [6, 6.07) is 17.1. The maximum Gasteiger partial charge on any atom is 0.328 e. The molecule has 4 rings (SSSR count). The fourth-order valence-corrected chi connectivity index (χ4v) is 4.45. The highest BCUT2D eigenvalue weighted by molar-refractivity contribution is 5.77. The molecule has 0 saturated carbocycles. The Kier molecular flexibility index (Phi) is 6.32. The number of benzene rings is 2. The minimum Gasteiger partial charge on any atom is -0.466 e. The molecule has 7 nitrogen and oxygen atoms in total. The van der Waals surface area contributed by atoms with Crippen LogP contribution in [-0.2, 0) is 16.1 Å². The summed E-state index contributed by atoms with van der Waals surface area (Å²) in [6.07, 6.45) is 0.816. The van der Waals surface area contributed by atoms with Crippen molar-refractivity contribution in [3.8, 4) is 0 Å². The lowest BCUT2D eigenvalue weighted by Crippen LogP contribution is -2.46. The van der Waals surface area contributed by atoms with E-state index in [0.717, 1.165) is 18.5 Å². The van der Waals surface area contributed by atoms with Gasteiger partial charge in [0.1, 0.15) is 0 Å². The van der Waals surface area contributed by atoms with Crippen LogP contribution < -0.4 is 11.2 Å². The Morgan fingerprint density at radius 1 is 1.06 bits per heavy atom. The van der Waals surface area contributed by atoms with Crippen LogP contribution in [0.3, 0.4) is 0 Å². The molecule has 1 saturated heterocycles. The zero-order valence-electron chi connectivity index (χ0n) is 17.6. The van der Waals surface area contributed by atoms with Crippen LogP contribution in [0.4, 0.5) is 0 Å². The van der Waals surface area contributed by atoms with Crippen LogP contribution in [0.1, 0.15) is 24.8 Å². The molecule has 0 amide bonds. The van der Waals surface area contributed by atoms with Crippen LogP contribution in [0.15, 0.2) is 64.2 Å². The second-order valence-electron chi connectivity index (χ2n) is 7.90. The number of likely N-dealkylation sites (tertiary alicyclic amines) is 1. The van der Waals surface area contributed by atoms with Gasteiger partial charge in [-0.25, -0.2) is 4.79 Å². The number of nitrogens with zero attached hydrogens (tertiary/aromatic N) is 2. The van der Waals surface area contributed by atoms with Gasteiger partial charge in [0.15, 0.2) is 0 Å². The van der Waals surface area contributed by atoms with Crippen molar-refractivity contribution in [3.63, 3.8) is 0 Å². The molecule has 1 aliphatic rings. The number of nitrogens with one attached hydrogen (secondary N) is 1. The molecule has 3 aromatic rings. The van der Waals surface area contributed by atoms with Crippen LogP contribution in [0.25, 0.3) is 10.9 Å². The molecule has 7 heteroatoms. The number of fused-ring (bicyclic) bond motifs is 1. The van der Waals surface area contributed by atoms with E-state index in [4.69, 9.17) is 4.74 Å². The number of piperidine rings is 1. The minimum atomic E-state index is -0.412. The number of aromatic amines is 1. The fourth-order valence-electron chi connectivity index (χ4n) is 4.45. The van der Waals surface area contributed by atoms with Gasteiger partial charge < -0.3 is 14.6 Å². The monoisotopic (exact) mass is 421 g/mol. The van der Waals surface area contributed by atoms with Gasteiger partial charge in [-0.05, 0) is 43.5 Å². The molecule has 31 heavy (non-hydrogen) atoms. The Bertz CT molecular complexity index is 1170. The molecule has 2 heterocycles. The molecule has 0 unspecified atom stereocenters. The molecule has 2 atom stereocenters. The molecule has 1 aromatic heterocycles. The highest BCUT2D eigenvalue weighted by Gasteiger charge is 2.36. The summed E-state index contributed by atoms with van der Waals surface area (Å²) in [6.45, 7) is 4.27. The molecule has 0 bridgehead atoms. The van der Waals surface area contributed by atoms with Crippen molar-refractivity contribution in [2.45, 2.75) is 25.8 Å². The SMILES string of the molecule is CCOC(=O)[C@H]1CN(CCn2c(=O)[nH]c3ccccc3c2=O)CC[C@H]1c1ccccc1. The molecule has 1 N–H and O–H groups in total. The summed E-state index contributed by atoms with van der Waals surface area (Å²) in [5.41, 5.74) is 0.979. The topological polar surface area (TPSA) is 84.4 Å². The van der Waals surface area contributed by atoms with Crippen LogP contribution >= 0.6 is 0 Å². The normalized spacial score (nSPS) is 19.4. The molecule has 1 aliphatic heterocycles. The molecule has 1 fully saturated rings. The summed E-state index contributed by atoms with van der Waals surface area (Å²) >= 11 is 0. The summed E-state index contributed by atoms with van der Waals surface area (Å²) < 4.78 is 6.60. The first-order valence-corrected chi connectivity index (χ1v) is 10.7. The van der Waals surface area contributed by atoms with E-state index in [0.29, 0.717) is 30.6 Å². The van der Waals surface area contributed by atoms with Crippen molar-refractivity contribution in [1.82, 2.24) is 14.5 Å². The van der Waals surface area contributed by atoms with E-state index in [1.165, 1.54) is 4.57 Å². The summed E-state index contributed by atoms with van der Waals surface area (Å²) in [7, 11) is 0. The van der Waals surface area contributed by atoms with Gasteiger partial charge in [0.2, 0.25) is 0 Å². The van der Waals surface area contributed by atoms with Crippen LogP contribution in [0.5, 0.6) is 0 Å². The third-order valence-corrected chi connectivity index (χ3v) is 6.04. The van der Waals surface area contributed by atoms with Gasteiger partial charge in [0.25, 0.3) is 5.56 Å². The molecular formula is C24H27N3O4. The Balaban J connectivity index is 1.51. The van der Waals surface area contributed by atoms with Crippen LogP contribution in [0.2, 0.25) is 0 Å². The second-order valence-corrected chi connectivity index (χ2v) is 7.90. The zero-order valence-corrected chi connectivity index (χ0v) is 17.6. The number of carbonyl (C=O) groups excluding carboxylic acids is 1. The summed E-state index contributed by atoms with van der Waals surface area (Å²) in [4.78, 5) is 42.8. The summed E-state index contributed by atoms with van der Waals surface area (Å²) in [5, 5.41) is 0.495. The number of para-hydroxylation sites is 1. The van der Waals surface area contributed by atoms with E-state index >= 15 is 0 Å². The largest absolute Gasteiger partial charge is 0.466 e. The van der Waals surface area contributed by atoms with Crippen molar-refractivity contribution in [2.75, 3.05) is 26.2 Å². The molecule has 0 spiro atoms. The quantitative estimate of drug-likeness (QED) is 0.618. The molecule has 0 radical (unpaired) electrons. The standard InChI is InChI=1S/C24H27N3O4/c1-2-31-23(29)20-16-26(13-12-18(20)17-8-4-3-5-9-17)14-15-27-22(28)19-10-6-7-11-21(19)25-24(27)30/h3-11,18,20H,2,12-16H2,1H3,(H,25,30)/t18-,20-/m0/s1. The lowest BCUT2D eigenvalue weighted by Gasteiger charge is -2.37. The highest BCUT2D eigenvalue weighted by Crippen LogP contribution is 2.33. The molecular weight excluding hydrogens is 394 g/mol. The number of esters is 1. The zero-order chi connectivity index (χ0) is 21.8. The number of ether oxygens (including phenoxy) is 1. The lowest BCUT2D eigenvalue weighted by atomic mass is 9.80. The average Bonchev–Trinajstić information content (AvgIpc) is 2.79. The minimum absolute atomic E-state index is 0.100. The van der Waals surface area contributed by atoms with Gasteiger partial charge in [0, 0.05) is 19.6 Å². The third-order valence-electron chi connectivity index (χ3n) is 6.04. The second kappa shape index (κ2) is 9.31. The van der Waals surface area contributed by atoms with Gasteiger partial charge >= 0.3 is 11.7 Å². The number of carbonyl (C=O) groups is 1. The van der Waals surface area contributed by atoms with E-state index in [1.54, 1.807) is 24.3 Å². The molecule has 162 valence electrons. The Labute approximate surface area is 180 Å². The van der Waals surface area contributed by atoms with Crippen LogP contribution in [-0.4, -0.2) is 46.7 Å². The maximum atomic E-state index is 12.8.